The Morgan fingerprint density at radius 3 is 3.05 bits per heavy atom. The van der Waals surface area contributed by atoms with Gasteiger partial charge in [-0.25, -0.2) is 0 Å². The van der Waals surface area contributed by atoms with Gasteiger partial charge in [0.05, 0.1) is 18.9 Å². The summed E-state index contributed by atoms with van der Waals surface area (Å²) in [6.07, 6.45) is 4.77. The first-order valence-corrected chi connectivity index (χ1v) is 5.67. The quantitative estimate of drug-likeness (QED) is 0.837. The van der Waals surface area contributed by atoms with Crippen LogP contribution >= 0.6 is 0 Å². The van der Waals surface area contributed by atoms with Gasteiger partial charge in [-0.2, -0.15) is 5.10 Å². The highest BCUT2D eigenvalue weighted by Gasteiger charge is 2.15. The van der Waals surface area contributed by atoms with E-state index in [9.17, 15) is 4.79 Å². The van der Waals surface area contributed by atoms with E-state index in [1.807, 2.05) is 0 Å². The van der Waals surface area contributed by atoms with Crippen LogP contribution in [0.25, 0.3) is 0 Å². The van der Waals surface area contributed by atoms with E-state index in [1.165, 1.54) is 19.5 Å². The van der Waals surface area contributed by atoms with E-state index in [4.69, 9.17) is 10.5 Å². The van der Waals surface area contributed by atoms with Crippen LogP contribution in [0.15, 0.2) is 24.7 Å². The Kier molecular flexibility index (Phi) is 3.76. The lowest BCUT2D eigenvalue weighted by molar-refractivity contribution is 0.102. The van der Waals surface area contributed by atoms with Gasteiger partial charge in [-0.1, -0.05) is 0 Å². The second kappa shape index (κ2) is 5.49. The number of ether oxygens (including phenoxy) is 1. The number of aryl methyl sites for hydroxylation is 1. The SMILES string of the molecule is COc1cnccc1C(=O)Nc1nn(C)cc1CN. The molecule has 0 aliphatic carbocycles. The number of hydrogen-bond acceptors (Lipinski definition) is 5. The number of nitrogens with zero attached hydrogens (tertiary/aromatic N) is 3. The summed E-state index contributed by atoms with van der Waals surface area (Å²) < 4.78 is 6.69. The number of pyridine rings is 1. The Labute approximate surface area is 110 Å². The Morgan fingerprint density at radius 1 is 1.58 bits per heavy atom. The third-order valence-electron chi connectivity index (χ3n) is 2.61. The molecule has 3 N–H and O–H groups in total. The van der Waals surface area contributed by atoms with Crippen molar-refractivity contribution >= 4 is 11.7 Å². The van der Waals surface area contributed by atoms with E-state index >= 15 is 0 Å². The number of carbonyl (C=O) groups excluding carboxylic acids is 1. The van der Waals surface area contributed by atoms with E-state index in [0.717, 1.165) is 5.56 Å². The highest BCUT2D eigenvalue weighted by atomic mass is 16.5. The lowest BCUT2D eigenvalue weighted by Gasteiger charge is -2.07. The fourth-order valence-electron chi connectivity index (χ4n) is 1.70. The van der Waals surface area contributed by atoms with Gasteiger partial charge in [0.2, 0.25) is 0 Å². The van der Waals surface area contributed by atoms with Crippen LogP contribution < -0.4 is 15.8 Å². The monoisotopic (exact) mass is 261 g/mol. The van der Waals surface area contributed by atoms with Crippen LogP contribution in [0.4, 0.5) is 5.82 Å². The predicted octanol–water partition coefficient (Wildman–Crippen LogP) is 0.535. The van der Waals surface area contributed by atoms with Gasteiger partial charge in [-0.15, -0.1) is 0 Å². The van der Waals surface area contributed by atoms with E-state index in [1.54, 1.807) is 24.0 Å². The lowest BCUT2D eigenvalue weighted by Crippen LogP contribution is -2.15. The number of hydrogen-bond donors (Lipinski definition) is 2. The third-order valence-corrected chi connectivity index (χ3v) is 2.61. The topological polar surface area (TPSA) is 95.1 Å². The van der Waals surface area contributed by atoms with Crippen LogP contribution in [0, 0.1) is 0 Å². The highest BCUT2D eigenvalue weighted by Crippen LogP contribution is 2.18. The second-order valence-electron chi connectivity index (χ2n) is 3.91. The summed E-state index contributed by atoms with van der Waals surface area (Å²) in [5.41, 5.74) is 6.76. The molecule has 100 valence electrons. The minimum atomic E-state index is -0.312. The molecule has 0 spiro atoms. The standard InChI is InChI=1S/C12H15N5O2/c1-17-7-8(5-13)11(16-17)15-12(18)9-3-4-14-6-10(9)19-2/h3-4,6-7H,5,13H2,1-2H3,(H,15,16,18). The Hall–Kier alpha value is -2.41. The number of rotatable bonds is 4. The average molecular weight is 261 g/mol. The zero-order valence-corrected chi connectivity index (χ0v) is 10.8. The lowest BCUT2D eigenvalue weighted by atomic mass is 10.2. The summed E-state index contributed by atoms with van der Waals surface area (Å²) >= 11 is 0. The van der Waals surface area contributed by atoms with Crippen molar-refractivity contribution in [3.8, 4) is 5.75 Å². The van der Waals surface area contributed by atoms with Gasteiger partial charge >= 0.3 is 0 Å². The van der Waals surface area contributed by atoms with Crippen molar-refractivity contribution < 1.29 is 9.53 Å². The minimum absolute atomic E-state index is 0.303. The molecular formula is C12H15N5O2. The molecule has 0 unspecified atom stereocenters. The molecule has 2 aromatic rings. The number of nitrogens with two attached hydrogens (primary N) is 1. The highest BCUT2D eigenvalue weighted by molar-refractivity contribution is 6.05. The first-order chi connectivity index (χ1) is 9.15. The van der Waals surface area contributed by atoms with Gasteiger partial charge in [0.25, 0.3) is 5.91 Å². The fraction of sp³-hybridized carbons (Fsp3) is 0.250. The van der Waals surface area contributed by atoms with Crippen molar-refractivity contribution in [3.63, 3.8) is 0 Å². The summed E-state index contributed by atoms with van der Waals surface area (Å²) in [5.74, 6) is 0.548. The van der Waals surface area contributed by atoms with Gasteiger partial charge in [-0.05, 0) is 6.07 Å². The average Bonchev–Trinajstić information content (AvgIpc) is 2.78. The van der Waals surface area contributed by atoms with Crippen molar-refractivity contribution in [2.75, 3.05) is 12.4 Å². The molecule has 2 rings (SSSR count). The summed E-state index contributed by atoms with van der Waals surface area (Å²) in [6, 6.07) is 1.58. The molecule has 0 aromatic carbocycles. The zero-order chi connectivity index (χ0) is 13.8. The maximum Gasteiger partial charge on any atom is 0.260 e. The summed E-state index contributed by atoms with van der Waals surface area (Å²) in [5, 5.41) is 6.87. The van der Waals surface area contributed by atoms with E-state index in [-0.39, 0.29) is 5.91 Å². The number of carbonyl (C=O) groups is 1. The Morgan fingerprint density at radius 2 is 2.37 bits per heavy atom. The molecule has 0 fully saturated rings. The molecule has 0 aliphatic heterocycles. The molecule has 0 saturated heterocycles. The van der Waals surface area contributed by atoms with E-state index in [0.29, 0.717) is 23.7 Å². The smallest absolute Gasteiger partial charge is 0.260 e. The summed E-state index contributed by atoms with van der Waals surface area (Å²) in [7, 11) is 3.25. The van der Waals surface area contributed by atoms with Crippen molar-refractivity contribution in [1.29, 1.82) is 0 Å². The minimum Gasteiger partial charge on any atom is -0.494 e. The van der Waals surface area contributed by atoms with Crippen molar-refractivity contribution in [3.05, 3.63) is 35.8 Å². The summed E-state index contributed by atoms with van der Waals surface area (Å²) in [4.78, 5) is 16.1. The molecule has 7 nitrogen and oxygen atoms in total. The molecule has 0 aliphatic rings. The molecule has 7 heteroatoms. The van der Waals surface area contributed by atoms with Crippen LogP contribution in [0.2, 0.25) is 0 Å². The first-order valence-electron chi connectivity index (χ1n) is 5.67. The number of nitrogens with one attached hydrogen (secondary N) is 1. The Balaban J connectivity index is 2.25. The zero-order valence-electron chi connectivity index (χ0n) is 10.8. The van der Waals surface area contributed by atoms with Gasteiger partial charge in [0.1, 0.15) is 5.75 Å². The molecule has 2 aromatic heterocycles. The maximum atomic E-state index is 12.2. The third kappa shape index (κ3) is 2.71. The normalized spacial score (nSPS) is 10.3. The largest absolute Gasteiger partial charge is 0.494 e. The molecule has 19 heavy (non-hydrogen) atoms. The van der Waals surface area contributed by atoms with Crippen molar-refractivity contribution in [2.24, 2.45) is 12.8 Å². The second-order valence-corrected chi connectivity index (χ2v) is 3.91. The molecule has 0 atom stereocenters. The van der Waals surface area contributed by atoms with E-state index in [2.05, 4.69) is 15.4 Å². The molecule has 2 heterocycles. The van der Waals surface area contributed by atoms with Gasteiger partial charge < -0.3 is 15.8 Å². The van der Waals surface area contributed by atoms with Crippen LogP contribution in [0.1, 0.15) is 15.9 Å². The Bertz CT molecular complexity index is 594. The van der Waals surface area contributed by atoms with Gasteiger partial charge in [0.15, 0.2) is 5.82 Å². The van der Waals surface area contributed by atoms with Crippen LogP contribution in [0.3, 0.4) is 0 Å². The number of methoxy groups -OCH3 is 1. The number of anilines is 1. The van der Waals surface area contributed by atoms with Crippen molar-refractivity contribution in [1.82, 2.24) is 14.8 Å². The molecule has 0 bridgehead atoms. The predicted molar refractivity (Wildman–Crippen MR) is 69.8 cm³/mol. The number of aromatic nitrogens is 3. The first kappa shape index (κ1) is 13.0. The van der Waals surface area contributed by atoms with Crippen molar-refractivity contribution in [2.45, 2.75) is 6.54 Å². The maximum absolute atomic E-state index is 12.2. The van der Waals surface area contributed by atoms with Crippen LogP contribution in [-0.2, 0) is 13.6 Å². The fourth-order valence-corrected chi connectivity index (χ4v) is 1.70. The molecular weight excluding hydrogens is 246 g/mol. The van der Waals surface area contributed by atoms with Crippen LogP contribution in [0.5, 0.6) is 5.75 Å². The van der Waals surface area contributed by atoms with Gasteiger partial charge in [-0.3, -0.25) is 14.5 Å². The number of amides is 1. The summed E-state index contributed by atoms with van der Waals surface area (Å²) in [6.45, 7) is 0.303. The molecule has 0 radical (unpaired) electrons. The molecule has 1 amide bonds. The van der Waals surface area contributed by atoms with Gasteiger partial charge in [0, 0.05) is 31.5 Å². The molecule has 0 saturated carbocycles. The van der Waals surface area contributed by atoms with Crippen LogP contribution in [-0.4, -0.2) is 27.8 Å². The van der Waals surface area contributed by atoms with E-state index < -0.39 is 0 Å².